The van der Waals surface area contributed by atoms with Crippen LogP contribution in [-0.2, 0) is 21.1 Å². The van der Waals surface area contributed by atoms with Gasteiger partial charge in [-0.3, -0.25) is 0 Å². The van der Waals surface area contributed by atoms with Crippen molar-refractivity contribution in [1.29, 1.82) is 0 Å². The van der Waals surface area contributed by atoms with E-state index in [-0.39, 0.29) is 0 Å². The van der Waals surface area contributed by atoms with Gasteiger partial charge in [-0.05, 0) is 166 Å². The normalized spacial score (nSPS) is 13.8. The fraction of sp³-hybridized carbons (Fsp3) is 0.160. The van der Waals surface area contributed by atoms with Gasteiger partial charge in [0.25, 0.3) is 0 Å². The minimum Gasteiger partial charge on any atom is -0.200 e. The average Bonchev–Trinajstić information content (AvgIpc) is 1.63. The maximum absolute atomic E-state index is 7.71. The first kappa shape index (κ1) is 42.7. The fourth-order valence-corrected chi connectivity index (χ4v) is 15.3. The molecule has 15 rings (SSSR count). The number of thiophene rings is 3. The summed E-state index contributed by atoms with van der Waals surface area (Å²) in [4.78, 5) is 0. The van der Waals surface area contributed by atoms with E-state index in [4.69, 9.17) is 12.3 Å². The Kier molecular flexibility index (Phi) is 10.8. The Balaban J connectivity index is 0.000000124. The van der Waals surface area contributed by atoms with Crippen LogP contribution in [0.1, 0.15) is 62.4 Å². The molecule has 0 spiro atoms. The van der Waals surface area contributed by atoms with Crippen LogP contribution < -0.4 is 13.7 Å². The van der Waals surface area contributed by atoms with Crippen molar-refractivity contribution in [2.75, 3.05) is 0 Å². The molecule has 15 aromatic rings. The second kappa shape index (κ2) is 20.4. The molecule has 0 radical (unpaired) electrons. The summed E-state index contributed by atoms with van der Waals surface area (Å²) in [6.07, 6.45) is 6.59. The Morgan fingerprint density at radius 3 is 0.938 bits per heavy atom. The van der Waals surface area contributed by atoms with Gasteiger partial charge in [-0.2, -0.15) is 0 Å². The van der Waals surface area contributed by atoms with Crippen LogP contribution in [0, 0.1) is 62.1 Å². The predicted octanol–water partition coefficient (Wildman–Crippen LogP) is 19.9. The van der Waals surface area contributed by atoms with Crippen LogP contribution >= 0.6 is 34.0 Å². The molecule has 6 heterocycles. The van der Waals surface area contributed by atoms with Crippen LogP contribution in [0.15, 0.2) is 182 Å². The van der Waals surface area contributed by atoms with Crippen LogP contribution in [0.5, 0.6) is 0 Å². The van der Waals surface area contributed by atoms with Gasteiger partial charge in [0.15, 0.2) is 18.6 Å². The summed E-state index contributed by atoms with van der Waals surface area (Å²) in [7, 11) is 6.20. The maximum Gasteiger partial charge on any atom is 0.213 e. The maximum atomic E-state index is 7.71. The summed E-state index contributed by atoms with van der Waals surface area (Å²) >= 11 is 5.41. The SMILES string of the molecule is Cc1ccc(-c2cc3sc4cc5cc(C)ccc5cc4c3c[n+]2C)c(C)c1.[2H]C([2H])([2H])c1ccc(-c2cc3sc4cc5cc(C)ccc5cc4c3c[n+]2C)c(C)c1.[2H]C([2H])([2H])c1ccc(-c2cc3sc4cc5ccc(C([2H])([2H])[2H])cc5cc4c3c[n+]2C)c(C)c1. The summed E-state index contributed by atoms with van der Waals surface area (Å²) in [5.41, 5.74) is 14.9. The van der Waals surface area contributed by atoms with E-state index >= 15 is 0 Å². The lowest BCUT2D eigenvalue weighted by atomic mass is 10.0. The van der Waals surface area contributed by atoms with Crippen molar-refractivity contribution in [1.82, 2.24) is 0 Å². The van der Waals surface area contributed by atoms with Crippen molar-refractivity contribution >= 4 is 127 Å². The van der Waals surface area contributed by atoms with Crippen LogP contribution in [0.3, 0.4) is 0 Å². The third-order valence-corrected chi connectivity index (χ3v) is 19.4. The van der Waals surface area contributed by atoms with Gasteiger partial charge in [0.05, 0.1) is 16.2 Å². The molecule has 0 aliphatic heterocycles. The molecule has 3 nitrogen and oxygen atoms in total. The molecule has 0 aliphatic rings. The second-order valence-corrected chi connectivity index (χ2v) is 25.4. The number of aryl methyl sites for hydroxylation is 12. The van der Waals surface area contributed by atoms with Crippen molar-refractivity contribution < 1.29 is 26.0 Å². The average molecular weight is 1110 g/mol. The Morgan fingerprint density at radius 1 is 0.272 bits per heavy atom. The van der Waals surface area contributed by atoms with Crippen LogP contribution in [-0.4, -0.2) is 0 Å². The van der Waals surface area contributed by atoms with Gasteiger partial charge in [0, 0.05) is 91.6 Å². The van der Waals surface area contributed by atoms with Gasteiger partial charge in [-0.1, -0.05) is 124 Å². The van der Waals surface area contributed by atoms with E-state index in [1.54, 1.807) is 47.7 Å². The number of hydrogen-bond acceptors (Lipinski definition) is 3. The van der Waals surface area contributed by atoms with Gasteiger partial charge in [0.1, 0.15) is 21.1 Å². The van der Waals surface area contributed by atoms with E-state index in [9.17, 15) is 0 Å². The minimum atomic E-state index is -2.13. The molecular weight excluding hydrogens is 1040 g/mol. The molecule has 6 heteroatoms. The molecule has 0 N–H and O–H groups in total. The standard InChI is InChI=1S/3C25H22NS/c1-15-6-8-20(17(3)9-15)23-13-25-22(14-26(23)4)21-11-19-10-16(2)5-7-18(19)12-24(21)27-25;2*1-15-6-8-20(17(3)9-15)23-13-25-22(14-26(23)4)21-11-18-7-5-16(2)10-19(18)12-24(21)27-25/h3*5-14H,1-4H3/q3*+1/i1D3,2D3;1D3;. The van der Waals surface area contributed by atoms with E-state index < -0.39 is 20.6 Å². The van der Waals surface area contributed by atoms with Crippen molar-refractivity contribution in [2.24, 2.45) is 21.1 Å². The molecule has 0 saturated heterocycles. The van der Waals surface area contributed by atoms with Crippen LogP contribution in [0.4, 0.5) is 0 Å². The third kappa shape index (κ3) is 9.73. The van der Waals surface area contributed by atoms with Crippen LogP contribution in [0.2, 0.25) is 0 Å². The topological polar surface area (TPSA) is 11.6 Å². The van der Waals surface area contributed by atoms with Crippen molar-refractivity contribution in [3.05, 3.63) is 232 Å². The first-order valence-corrected chi connectivity index (χ1v) is 29.7. The lowest BCUT2D eigenvalue weighted by molar-refractivity contribution is -0.659. The van der Waals surface area contributed by atoms with Gasteiger partial charge < -0.3 is 0 Å². The summed E-state index contributed by atoms with van der Waals surface area (Å²) in [6, 6.07) is 56.3. The quantitative estimate of drug-likeness (QED) is 0.156. The zero-order valence-corrected chi connectivity index (χ0v) is 49.3. The largest absolute Gasteiger partial charge is 0.213 e. The van der Waals surface area contributed by atoms with Gasteiger partial charge in [0.2, 0.25) is 17.1 Å². The highest BCUT2D eigenvalue weighted by atomic mass is 32.1. The van der Waals surface area contributed by atoms with Gasteiger partial charge in [-0.15, -0.1) is 34.0 Å². The van der Waals surface area contributed by atoms with Crippen molar-refractivity contribution in [2.45, 2.75) is 62.1 Å². The first-order valence-electron chi connectivity index (χ1n) is 31.8. The second-order valence-electron chi connectivity index (χ2n) is 22.1. The number of aromatic nitrogens is 3. The molecule has 0 atom stereocenters. The molecule has 6 aromatic heterocycles. The van der Waals surface area contributed by atoms with E-state index in [0.717, 1.165) is 64.6 Å². The summed E-state index contributed by atoms with van der Waals surface area (Å²) in [5, 5.41) is 14.5. The highest BCUT2D eigenvalue weighted by molar-refractivity contribution is 7.26. The molecule has 0 saturated carbocycles. The van der Waals surface area contributed by atoms with E-state index in [0.29, 0.717) is 16.7 Å². The summed E-state index contributed by atoms with van der Waals surface area (Å²) in [5.74, 6) is 0. The number of rotatable bonds is 3. The fourth-order valence-electron chi connectivity index (χ4n) is 11.9. The van der Waals surface area contributed by atoms with Gasteiger partial charge in [-0.25, -0.2) is 13.7 Å². The first-order chi connectivity index (χ1) is 42.6. The van der Waals surface area contributed by atoms with E-state index in [1.807, 2.05) is 61.8 Å². The zero-order chi connectivity index (χ0) is 63.6. The smallest absolute Gasteiger partial charge is 0.200 e. The Bertz CT molecular complexity index is 5450. The van der Waals surface area contributed by atoms with E-state index in [2.05, 4.69) is 183 Å². The molecule has 0 bridgehead atoms. The lowest BCUT2D eigenvalue weighted by Gasteiger charge is -2.06. The monoisotopic (exact) mass is 1110 g/mol. The molecule has 81 heavy (non-hydrogen) atoms. The number of hydrogen-bond donors (Lipinski definition) is 0. The Hall–Kier alpha value is -8.13. The summed E-state index contributed by atoms with van der Waals surface area (Å²) < 4.78 is 83.1. The number of pyridine rings is 3. The molecular formula is C75H66N3S3+3. The molecule has 0 aliphatic carbocycles. The number of nitrogens with zero attached hydrogens (tertiary/aromatic N) is 3. The number of fused-ring (bicyclic) bond motifs is 12. The highest BCUT2D eigenvalue weighted by Gasteiger charge is 2.21. The molecule has 9 aromatic carbocycles. The van der Waals surface area contributed by atoms with Crippen molar-refractivity contribution in [3.63, 3.8) is 0 Å². The lowest BCUT2D eigenvalue weighted by Crippen LogP contribution is -2.30. The molecule has 0 unspecified atom stereocenters. The third-order valence-electron chi connectivity index (χ3n) is 16.0. The molecule has 396 valence electrons. The number of benzene rings is 9. The predicted molar refractivity (Wildman–Crippen MR) is 353 cm³/mol. The highest BCUT2D eigenvalue weighted by Crippen LogP contribution is 2.41. The van der Waals surface area contributed by atoms with Crippen molar-refractivity contribution in [3.8, 4) is 33.8 Å². The molecule has 0 amide bonds. The zero-order valence-electron chi connectivity index (χ0n) is 55.9. The van der Waals surface area contributed by atoms with E-state index in [1.165, 1.54) is 95.4 Å². The Labute approximate surface area is 499 Å². The van der Waals surface area contributed by atoms with Crippen LogP contribution in [0.25, 0.3) is 127 Å². The summed E-state index contributed by atoms with van der Waals surface area (Å²) in [6.45, 7) is 6.22. The Morgan fingerprint density at radius 2 is 0.543 bits per heavy atom. The van der Waals surface area contributed by atoms with Gasteiger partial charge >= 0.3 is 0 Å². The minimum absolute atomic E-state index is 0.345. The molecule has 0 fully saturated rings.